The van der Waals surface area contributed by atoms with Gasteiger partial charge in [0.15, 0.2) is 0 Å². The van der Waals surface area contributed by atoms with Gasteiger partial charge in [-0.1, -0.05) is 60.7 Å². The minimum Gasteiger partial charge on any atom is -0.478 e. The van der Waals surface area contributed by atoms with Gasteiger partial charge in [-0.15, -0.1) is 0 Å². The molecule has 0 bridgehead atoms. The third kappa shape index (κ3) is 6.64. The molecule has 2 aromatic rings. The zero-order valence-electron chi connectivity index (χ0n) is 18.8. The molecule has 34 heavy (non-hydrogen) atoms. The molecule has 0 saturated carbocycles. The van der Waals surface area contributed by atoms with Crippen LogP contribution in [0.25, 0.3) is 0 Å². The fourth-order valence-electron chi connectivity index (χ4n) is 3.81. The van der Waals surface area contributed by atoms with Crippen LogP contribution in [0.1, 0.15) is 24.5 Å². The Morgan fingerprint density at radius 1 is 1.06 bits per heavy atom. The second-order valence-electron chi connectivity index (χ2n) is 7.93. The summed E-state index contributed by atoms with van der Waals surface area (Å²) in [5.41, 5.74) is 1.80. The SMILES string of the molecule is CC(=O)O[C@@H](C(=O)O)[C@@H](CCOCc1ccccc1)C(=O)N1C(=O)OC[C@H]1Cc1ccccc1. The number of amides is 2. The zero-order valence-corrected chi connectivity index (χ0v) is 18.8. The predicted octanol–water partition coefficient (Wildman–Crippen LogP) is 2.82. The summed E-state index contributed by atoms with van der Waals surface area (Å²) in [6.45, 7) is 1.33. The predicted molar refractivity (Wildman–Crippen MR) is 120 cm³/mol. The lowest BCUT2D eigenvalue weighted by molar-refractivity contribution is -0.170. The highest BCUT2D eigenvalue weighted by Crippen LogP contribution is 2.25. The number of carbonyl (C=O) groups excluding carboxylic acids is 3. The van der Waals surface area contributed by atoms with E-state index in [-0.39, 0.29) is 26.2 Å². The number of imide groups is 1. The Hall–Kier alpha value is -3.72. The second kappa shape index (κ2) is 11.9. The van der Waals surface area contributed by atoms with E-state index >= 15 is 0 Å². The van der Waals surface area contributed by atoms with E-state index in [1.807, 2.05) is 60.7 Å². The molecule has 0 spiro atoms. The Morgan fingerprint density at radius 2 is 1.68 bits per heavy atom. The van der Waals surface area contributed by atoms with Crippen molar-refractivity contribution in [3.63, 3.8) is 0 Å². The summed E-state index contributed by atoms with van der Waals surface area (Å²) in [5, 5.41) is 9.68. The van der Waals surface area contributed by atoms with E-state index in [1.54, 1.807) is 0 Å². The van der Waals surface area contributed by atoms with Crippen molar-refractivity contribution in [3.05, 3.63) is 71.8 Å². The maximum Gasteiger partial charge on any atom is 0.416 e. The normalized spacial score (nSPS) is 17.0. The van der Waals surface area contributed by atoms with Crippen molar-refractivity contribution in [3.8, 4) is 0 Å². The molecule has 0 radical (unpaired) electrons. The average molecular weight is 469 g/mol. The molecular weight excluding hydrogens is 442 g/mol. The van der Waals surface area contributed by atoms with Crippen molar-refractivity contribution in [1.82, 2.24) is 4.90 Å². The van der Waals surface area contributed by atoms with Gasteiger partial charge in [-0.05, 0) is 24.0 Å². The second-order valence-corrected chi connectivity index (χ2v) is 7.93. The lowest BCUT2D eigenvalue weighted by atomic mass is 9.95. The summed E-state index contributed by atoms with van der Waals surface area (Å²) < 4.78 is 15.7. The first-order chi connectivity index (χ1) is 16.4. The van der Waals surface area contributed by atoms with E-state index in [9.17, 15) is 24.3 Å². The van der Waals surface area contributed by atoms with E-state index in [4.69, 9.17) is 14.2 Å². The molecule has 3 atom stereocenters. The van der Waals surface area contributed by atoms with Gasteiger partial charge in [0, 0.05) is 13.5 Å². The van der Waals surface area contributed by atoms with E-state index < -0.39 is 42.0 Å². The summed E-state index contributed by atoms with van der Waals surface area (Å²) >= 11 is 0. The third-order valence-electron chi connectivity index (χ3n) is 5.42. The highest BCUT2D eigenvalue weighted by atomic mass is 16.6. The van der Waals surface area contributed by atoms with Crippen molar-refractivity contribution in [2.45, 2.75) is 38.5 Å². The molecule has 180 valence electrons. The van der Waals surface area contributed by atoms with Crippen molar-refractivity contribution in [1.29, 1.82) is 0 Å². The maximum atomic E-state index is 13.5. The zero-order chi connectivity index (χ0) is 24.5. The van der Waals surface area contributed by atoms with Crippen LogP contribution in [0, 0.1) is 5.92 Å². The molecule has 1 fully saturated rings. The molecule has 2 amide bonds. The molecule has 1 N–H and O–H groups in total. The van der Waals surface area contributed by atoms with Gasteiger partial charge in [0.25, 0.3) is 0 Å². The summed E-state index contributed by atoms with van der Waals surface area (Å²) in [6.07, 6.45) is -2.34. The summed E-state index contributed by atoms with van der Waals surface area (Å²) in [6, 6.07) is 18.0. The minimum absolute atomic E-state index is 0.0119. The van der Waals surface area contributed by atoms with Crippen LogP contribution in [-0.4, -0.2) is 59.3 Å². The number of aliphatic carboxylic acids is 1. The maximum absolute atomic E-state index is 13.5. The van der Waals surface area contributed by atoms with Gasteiger partial charge in [-0.25, -0.2) is 14.5 Å². The largest absolute Gasteiger partial charge is 0.478 e. The molecule has 9 heteroatoms. The highest BCUT2D eigenvalue weighted by Gasteiger charge is 2.45. The number of ether oxygens (including phenoxy) is 3. The number of carbonyl (C=O) groups is 4. The number of hydrogen-bond acceptors (Lipinski definition) is 7. The lowest BCUT2D eigenvalue weighted by Gasteiger charge is -2.28. The Labute approximate surface area is 197 Å². The van der Waals surface area contributed by atoms with Crippen molar-refractivity contribution in [2.75, 3.05) is 13.2 Å². The highest BCUT2D eigenvalue weighted by molar-refractivity contribution is 5.97. The summed E-state index contributed by atoms with van der Waals surface area (Å²) in [4.78, 5) is 50.3. The van der Waals surface area contributed by atoms with Crippen LogP contribution in [0.15, 0.2) is 60.7 Å². The first kappa shape index (κ1) is 24.9. The monoisotopic (exact) mass is 469 g/mol. The van der Waals surface area contributed by atoms with E-state index in [0.29, 0.717) is 6.42 Å². The molecule has 1 aliphatic heterocycles. The van der Waals surface area contributed by atoms with Crippen molar-refractivity contribution >= 4 is 23.9 Å². The molecule has 9 nitrogen and oxygen atoms in total. The first-order valence-electron chi connectivity index (χ1n) is 10.9. The number of cyclic esters (lactones) is 1. The van der Waals surface area contributed by atoms with Crippen LogP contribution in [0.2, 0.25) is 0 Å². The Balaban J connectivity index is 1.76. The average Bonchev–Trinajstić information content (AvgIpc) is 3.18. The molecule has 0 aromatic heterocycles. The Bertz CT molecular complexity index is 994. The fourth-order valence-corrected chi connectivity index (χ4v) is 3.81. The third-order valence-corrected chi connectivity index (χ3v) is 5.42. The van der Waals surface area contributed by atoms with Gasteiger partial charge >= 0.3 is 18.0 Å². The van der Waals surface area contributed by atoms with Crippen LogP contribution in [0.4, 0.5) is 4.79 Å². The van der Waals surface area contributed by atoms with Gasteiger partial charge in [0.1, 0.15) is 6.61 Å². The van der Waals surface area contributed by atoms with Crippen LogP contribution in [-0.2, 0) is 41.6 Å². The van der Waals surface area contributed by atoms with Gasteiger partial charge in [0.2, 0.25) is 12.0 Å². The van der Waals surface area contributed by atoms with Crippen LogP contribution >= 0.6 is 0 Å². The van der Waals surface area contributed by atoms with Gasteiger partial charge in [-0.2, -0.15) is 0 Å². The number of nitrogens with zero attached hydrogens (tertiary/aromatic N) is 1. The quantitative estimate of drug-likeness (QED) is 0.394. The van der Waals surface area contributed by atoms with Crippen LogP contribution in [0.5, 0.6) is 0 Å². The Morgan fingerprint density at radius 3 is 2.26 bits per heavy atom. The number of carboxylic acid groups (broad SMARTS) is 1. The van der Waals surface area contributed by atoms with Crippen LogP contribution < -0.4 is 0 Å². The van der Waals surface area contributed by atoms with Crippen molar-refractivity contribution < 1.29 is 38.5 Å². The van der Waals surface area contributed by atoms with Gasteiger partial charge in [-0.3, -0.25) is 9.59 Å². The molecular formula is C25H27NO8. The number of hydrogen-bond donors (Lipinski definition) is 1. The molecule has 0 unspecified atom stereocenters. The fraction of sp³-hybridized carbons (Fsp3) is 0.360. The topological polar surface area (TPSA) is 119 Å². The molecule has 1 saturated heterocycles. The molecule has 0 aliphatic carbocycles. The smallest absolute Gasteiger partial charge is 0.416 e. The number of rotatable bonds is 11. The van der Waals surface area contributed by atoms with E-state index in [2.05, 4.69) is 0 Å². The molecule has 3 rings (SSSR count). The Kier molecular flexibility index (Phi) is 8.75. The van der Waals surface area contributed by atoms with Gasteiger partial charge in [0.05, 0.1) is 18.6 Å². The minimum atomic E-state index is -1.77. The summed E-state index contributed by atoms with van der Waals surface area (Å²) in [7, 11) is 0. The van der Waals surface area contributed by atoms with E-state index in [0.717, 1.165) is 23.0 Å². The lowest BCUT2D eigenvalue weighted by Crippen LogP contribution is -2.49. The van der Waals surface area contributed by atoms with Gasteiger partial charge < -0.3 is 19.3 Å². The summed E-state index contributed by atoms with van der Waals surface area (Å²) in [5.74, 6) is -4.44. The molecule has 1 aliphatic rings. The molecule has 1 heterocycles. The number of carboxylic acids is 1. The van der Waals surface area contributed by atoms with E-state index in [1.165, 1.54) is 0 Å². The van der Waals surface area contributed by atoms with Crippen molar-refractivity contribution in [2.24, 2.45) is 5.92 Å². The number of esters is 1. The van der Waals surface area contributed by atoms with Crippen LogP contribution in [0.3, 0.4) is 0 Å². The first-order valence-corrected chi connectivity index (χ1v) is 10.9. The number of benzene rings is 2. The standard InChI is InChI=1S/C25H27NO8/c1-17(27)34-22(24(29)30)21(12-13-32-15-19-10-6-3-7-11-19)23(28)26-20(16-33-25(26)31)14-18-8-4-2-5-9-18/h2-11,20-22H,12-16H2,1H3,(H,29,30)/t20-,21-,22-/m1/s1. The molecule has 2 aromatic carbocycles.